The normalized spacial score (nSPS) is 12.4. The van der Waals surface area contributed by atoms with Crippen LogP contribution in [0.1, 0.15) is 43.2 Å². The van der Waals surface area contributed by atoms with Crippen molar-refractivity contribution in [3.8, 4) is 11.4 Å². The van der Waals surface area contributed by atoms with Gasteiger partial charge < -0.3 is 4.98 Å². The minimum Gasteiger partial charge on any atom is -0.357 e. The number of rotatable bonds is 6. The van der Waals surface area contributed by atoms with Crippen molar-refractivity contribution in [2.45, 2.75) is 27.7 Å². The van der Waals surface area contributed by atoms with E-state index in [-0.39, 0.29) is 5.82 Å². The lowest BCUT2D eigenvalue weighted by molar-refractivity contribution is 0.627. The minimum absolute atomic E-state index is 0.282. The van der Waals surface area contributed by atoms with Crippen molar-refractivity contribution < 1.29 is 4.39 Å². The molecule has 5 nitrogen and oxygen atoms in total. The van der Waals surface area contributed by atoms with Gasteiger partial charge >= 0.3 is 0 Å². The summed E-state index contributed by atoms with van der Waals surface area (Å²) in [6, 6.07) is 8.58. The largest absolute Gasteiger partial charge is 0.357 e. The van der Waals surface area contributed by atoms with Crippen molar-refractivity contribution in [1.82, 2.24) is 25.4 Å². The molecule has 0 unspecified atom stereocenters. The van der Waals surface area contributed by atoms with E-state index < -0.39 is 0 Å². The summed E-state index contributed by atoms with van der Waals surface area (Å²) >= 11 is 0. The molecule has 0 aliphatic carbocycles. The molecular formula is C28H30FN5. The van der Waals surface area contributed by atoms with Crippen molar-refractivity contribution in [3.05, 3.63) is 107 Å². The number of nitrogens with zero attached hydrogens (tertiary/aromatic N) is 2. The van der Waals surface area contributed by atoms with Crippen molar-refractivity contribution >= 4 is 23.3 Å². The number of benzene rings is 1. The summed E-state index contributed by atoms with van der Waals surface area (Å²) in [4.78, 5) is 3.44. The van der Waals surface area contributed by atoms with E-state index in [1.807, 2.05) is 58.1 Å². The second-order valence-corrected chi connectivity index (χ2v) is 7.39. The van der Waals surface area contributed by atoms with Gasteiger partial charge in [0.1, 0.15) is 11.5 Å². The van der Waals surface area contributed by atoms with Crippen molar-refractivity contribution in [2.75, 3.05) is 0 Å². The molecule has 0 spiro atoms. The van der Waals surface area contributed by atoms with Crippen LogP contribution in [0.15, 0.2) is 68.0 Å². The third-order valence-electron chi connectivity index (χ3n) is 5.29. The molecule has 0 amide bonds. The van der Waals surface area contributed by atoms with Gasteiger partial charge in [-0.2, -0.15) is 10.2 Å². The smallest absolute Gasteiger partial charge is 0.123 e. The maximum Gasteiger partial charge on any atom is 0.123 e. The van der Waals surface area contributed by atoms with Gasteiger partial charge in [-0.05, 0) is 54.8 Å². The number of H-pyrrole nitrogens is 3. The van der Waals surface area contributed by atoms with Gasteiger partial charge in [-0.25, -0.2) is 4.39 Å². The van der Waals surface area contributed by atoms with Gasteiger partial charge in [0.2, 0.25) is 0 Å². The van der Waals surface area contributed by atoms with Crippen LogP contribution in [0.4, 0.5) is 4.39 Å². The Balaban J connectivity index is 0.00000158. The Morgan fingerprint density at radius 1 is 1.15 bits per heavy atom. The highest BCUT2D eigenvalue weighted by atomic mass is 19.1. The van der Waals surface area contributed by atoms with E-state index in [0.29, 0.717) is 0 Å². The van der Waals surface area contributed by atoms with E-state index >= 15 is 0 Å². The lowest BCUT2D eigenvalue weighted by Crippen LogP contribution is -2.23. The van der Waals surface area contributed by atoms with E-state index in [1.54, 1.807) is 24.5 Å². The number of aryl methyl sites for hydroxylation is 1. The molecule has 0 radical (unpaired) electrons. The standard InChI is InChI=1S/C26H24FN5.C2H6/c1-5-8-21(18-9-7-10-20(27)12-18)22-13-25(30-17(22)4)26-23(24(6-2)31-32-26)11-16(3)19-14-28-29-15-19;1-2/h5-15,30-31H,1,3H2,2,4H3,(H,28,29);1-2H3/b21-8-,23-11+,24-6+;. The Morgan fingerprint density at radius 2 is 1.94 bits per heavy atom. The molecule has 4 rings (SSSR count). The van der Waals surface area contributed by atoms with Gasteiger partial charge in [0.15, 0.2) is 0 Å². The molecule has 0 saturated carbocycles. The highest BCUT2D eigenvalue weighted by molar-refractivity contribution is 5.88. The van der Waals surface area contributed by atoms with Gasteiger partial charge in [-0.1, -0.05) is 57.4 Å². The molecule has 3 heterocycles. The van der Waals surface area contributed by atoms with Gasteiger partial charge in [-0.3, -0.25) is 10.2 Å². The highest BCUT2D eigenvalue weighted by Gasteiger charge is 2.15. The number of hydrogen-bond acceptors (Lipinski definition) is 2. The number of aromatic amines is 3. The average Bonchev–Trinajstić information content (AvgIpc) is 3.59. The summed E-state index contributed by atoms with van der Waals surface area (Å²) in [7, 11) is 0. The van der Waals surface area contributed by atoms with E-state index in [1.165, 1.54) is 12.1 Å². The van der Waals surface area contributed by atoms with Crippen LogP contribution in [0.25, 0.3) is 34.7 Å². The monoisotopic (exact) mass is 455 g/mol. The first-order valence-electron chi connectivity index (χ1n) is 11.2. The van der Waals surface area contributed by atoms with Gasteiger partial charge in [0, 0.05) is 28.2 Å². The Bertz CT molecular complexity index is 1430. The van der Waals surface area contributed by atoms with Gasteiger partial charge in [-0.15, -0.1) is 0 Å². The lowest BCUT2D eigenvalue weighted by atomic mass is 9.97. The fourth-order valence-corrected chi connectivity index (χ4v) is 3.70. The third kappa shape index (κ3) is 5.07. The molecular weight excluding hydrogens is 425 g/mol. The molecule has 1 aromatic carbocycles. The van der Waals surface area contributed by atoms with E-state index in [4.69, 9.17) is 0 Å². The number of hydrogen-bond donors (Lipinski definition) is 3. The molecule has 4 aromatic rings. The average molecular weight is 456 g/mol. The van der Waals surface area contributed by atoms with Crippen LogP contribution in [0.3, 0.4) is 0 Å². The van der Waals surface area contributed by atoms with Crippen molar-refractivity contribution in [1.29, 1.82) is 0 Å². The van der Waals surface area contributed by atoms with Crippen molar-refractivity contribution in [2.24, 2.45) is 0 Å². The molecule has 174 valence electrons. The number of nitrogens with one attached hydrogen (secondary N) is 3. The lowest BCUT2D eigenvalue weighted by Gasteiger charge is -2.07. The van der Waals surface area contributed by atoms with Gasteiger partial charge in [0.05, 0.1) is 17.2 Å². The zero-order valence-electron chi connectivity index (χ0n) is 20.0. The molecule has 0 atom stereocenters. The van der Waals surface area contributed by atoms with Crippen LogP contribution >= 0.6 is 0 Å². The summed E-state index contributed by atoms with van der Waals surface area (Å²) in [5.41, 5.74) is 6.91. The molecule has 0 bridgehead atoms. The summed E-state index contributed by atoms with van der Waals surface area (Å²) < 4.78 is 13.9. The van der Waals surface area contributed by atoms with Crippen molar-refractivity contribution in [3.63, 3.8) is 0 Å². The van der Waals surface area contributed by atoms with E-state index in [0.717, 1.165) is 55.5 Å². The molecule has 0 aliphatic rings. The van der Waals surface area contributed by atoms with Crippen LogP contribution in [0.2, 0.25) is 0 Å². The van der Waals surface area contributed by atoms with E-state index in [2.05, 4.69) is 38.5 Å². The first kappa shape index (κ1) is 24.5. The van der Waals surface area contributed by atoms with E-state index in [9.17, 15) is 4.39 Å². The first-order chi connectivity index (χ1) is 16.5. The molecule has 34 heavy (non-hydrogen) atoms. The topological polar surface area (TPSA) is 73.2 Å². The summed E-state index contributed by atoms with van der Waals surface area (Å²) in [6.07, 6.45) is 11.1. The quantitative estimate of drug-likeness (QED) is 0.335. The third-order valence-corrected chi connectivity index (χ3v) is 5.29. The first-order valence-corrected chi connectivity index (χ1v) is 11.2. The Kier molecular flexibility index (Phi) is 7.98. The molecule has 6 heteroatoms. The Labute approximate surface area is 199 Å². The maximum absolute atomic E-state index is 13.9. The number of halogens is 1. The van der Waals surface area contributed by atoms with Crippen LogP contribution in [0.5, 0.6) is 0 Å². The second-order valence-electron chi connectivity index (χ2n) is 7.39. The Hall–Kier alpha value is -4.19. The zero-order chi connectivity index (χ0) is 24.7. The maximum atomic E-state index is 13.9. The predicted octanol–water partition coefficient (Wildman–Crippen LogP) is 5.51. The van der Waals surface area contributed by atoms with Crippen LogP contribution in [-0.2, 0) is 0 Å². The predicted molar refractivity (Wildman–Crippen MR) is 140 cm³/mol. The molecule has 0 saturated heterocycles. The Morgan fingerprint density at radius 3 is 2.59 bits per heavy atom. The van der Waals surface area contributed by atoms with Crippen LogP contribution in [0, 0.1) is 12.7 Å². The summed E-state index contributed by atoms with van der Waals surface area (Å²) in [5, 5.41) is 16.3. The summed E-state index contributed by atoms with van der Waals surface area (Å²) in [5.74, 6) is -0.282. The SMILES string of the molecule is C=C/C=C(/c1cccc(F)c1)c1cc(-c2n[nH]c(=C/C)/c2=C\C(=C)c2cn[nH]c2)[nH]c1C.CC. The fraction of sp³-hybridized carbons (Fsp3) is 0.143. The van der Waals surface area contributed by atoms with Crippen LogP contribution in [-0.4, -0.2) is 25.4 Å². The highest BCUT2D eigenvalue weighted by Crippen LogP contribution is 2.29. The molecule has 0 aliphatic heterocycles. The summed E-state index contributed by atoms with van der Waals surface area (Å²) in [6.45, 7) is 15.9. The number of aromatic nitrogens is 5. The second kappa shape index (κ2) is 11.1. The van der Waals surface area contributed by atoms with Crippen LogP contribution < -0.4 is 10.6 Å². The molecule has 0 fully saturated rings. The molecule has 3 N–H and O–H groups in total. The zero-order valence-corrected chi connectivity index (χ0v) is 20.0. The van der Waals surface area contributed by atoms with Gasteiger partial charge in [0.25, 0.3) is 0 Å². The number of allylic oxidation sites excluding steroid dienone is 3. The minimum atomic E-state index is -0.282. The fourth-order valence-electron chi connectivity index (χ4n) is 3.70. The molecule has 3 aromatic heterocycles.